The van der Waals surface area contributed by atoms with Crippen LogP contribution in [0.5, 0.6) is 0 Å². The highest BCUT2D eigenvalue weighted by Gasteiger charge is 2.38. The van der Waals surface area contributed by atoms with E-state index in [4.69, 9.17) is 9.84 Å². The Balaban J connectivity index is 2.41. The number of hydrogen-bond acceptors (Lipinski definition) is 4. The Morgan fingerprint density at radius 1 is 1.53 bits per heavy atom. The fourth-order valence-corrected chi connectivity index (χ4v) is 1.79. The molecule has 1 aliphatic rings. The molecule has 7 nitrogen and oxygen atoms in total. The van der Waals surface area contributed by atoms with Crippen molar-refractivity contribution < 1.29 is 24.5 Å². The van der Waals surface area contributed by atoms with Crippen LogP contribution in [0.2, 0.25) is 0 Å². The summed E-state index contributed by atoms with van der Waals surface area (Å²) in [6.07, 6.45) is -0.0159. The molecule has 1 saturated heterocycles. The number of hydrogen-bond donors (Lipinski definition) is 3. The van der Waals surface area contributed by atoms with Gasteiger partial charge >= 0.3 is 12.0 Å². The van der Waals surface area contributed by atoms with Crippen molar-refractivity contribution in [2.24, 2.45) is 0 Å². The van der Waals surface area contributed by atoms with Crippen LogP contribution in [0.15, 0.2) is 0 Å². The third-order valence-electron chi connectivity index (χ3n) is 2.63. The predicted octanol–water partition coefficient (Wildman–Crippen LogP) is -0.748. The average molecular weight is 246 g/mol. The average Bonchev–Trinajstić information content (AvgIpc) is 2.66. The second-order valence-electron chi connectivity index (χ2n) is 3.97. The predicted molar refractivity (Wildman–Crippen MR) is 58.6 cm³/mol. The second kappa shape index (κ2) is 6.41. The number of likely N-dealkylation sites (tertiary alicyclic amines) is 1. The summed E-state index contributed by atoms with van der Waals surface area (Å²) in [6, 6.07) is -1.39. The summed E-state index contributed by atoms with van der Waals surface area (Å²) in [7, 11) is 1.57. The van der Waals surface area contributed by atoms with Gasteiger partial charge in [-0.05, 0) is 6.42 Å². The molecule has 2 atom stereocenters. The van der Waals surface area contributed by atoms with Crippen LogP contribution in [-0.2, 0) is 9.53 Å². The van der Waals surface area contributed by atoms with Crippen LogP contribution in [0, 0.1) is 0 Å². The number of aliphatic hydroxyl groups is 1. The van der Waals surface area contributed by atoms with E-state index < -0.39 is 24.1 Å². The fourth-order valence-electron chi connectivity index (χ4n) is 1.79. The van der Waals surface area contributed by atoms with E-state index in [1.54, 1.807) is 7.11 Å². The number of nitrogens with one attached hydrogen (secondary N) is 1. The van der Waals surface area contributed by atoms with Gasteiger partial charge in [-0.2, -0.15) is 0 Å². The van der Waals surface area contributed by atoms with Gasteiger partial charge in [-0.25, -0.2) is 9.59 Å². The molecule has 2 amide bonds. The van der Waals surface area contributed by atoms with E-state index in [1.165, 1.54) is 0 Å². The zero-order chi connectivity index (χ0) is 12.8. The van der Waals surface area contributed by atoms with E-state index in [9.17, 15) is 14.7 Å². The second-order valence-corrected chi connectivity index (χ2v) is 3.97. The van der Waals surface area contributed by atoms with E-state index in [0.717, 1.165) is 4.90 Å². The molecule has 0 aromatic heterocycles. The Morgan fingerprint density at radius 2 is 2.24 bits per heavy atom. The number of β-amino-alcohol motifs (C(OH)–C–C–N with tert-alkyl or cyclic N) is 1. The van der Waals surface area contributed by atoms with Crippen molar-refractivity contribution in [3.63, 3.8) is 0 Å². The van der Waals surface area contributed by atoms with Gasteiger partial charge in [0.25, 0.3) is 0 Å². The van der Waals surface area contributed by atoms with Crippen LogP contribution < -0.4 is 5.32 Å². The summed E-state index contributed by atoms with van der Waals surface area (Å²) in [5.41, 5.74) is 0. The molecule has 17 heavy (non-hydrogen) atoms. The van der Waals surface area contributed by atoms with Gasteiger partial charge in [0.05, 0.1) is 6.10 Å². The third-order valence-corrected chi connectivity index (χ3v) is 2.63. The summed E-state index contributed by atoms with van der Waals surface area (Å²) < 4.78 is 4.83. The first-order valence-corrected chi connectivity index (χ1v) is 5.50. The topological polar surface area (TPSA) is 99.1 Å². The highest BCUT2D eigenvalue weighted by molar-refractivity contribution is 5.83. The van der Waals surface area contributed by atoms with Gasteiger partial charge in [0.15, 0.2) is 0 Å². The SMILES string of the molecule is COCCCNC(=O)N1CC(O)C[C@H]1C(=O)O. The number of aliphatic hydroxyl groups excluding tert-OH is 1. The number of methoxy groups -OCH3 is 1. The molecule has 0 spiro atoms. The van der Waals surface area contributed by atoms with E-state index in [1.807, 2.05) is 0 Å². The Bertz CT molecular complexity index is 284. The molecule has 1 unspecified atom stereocenters. The van der Waals surface area contributed by atoms with Crippen LogP contribution in [0.1, 0.15) is 12.8 Å². The van der Waals surface area contributed by atoms with E-state index >= 15 is 0 Å². The van der Waals surface area contributed by atoms with Gasteiger partial charge in [0.2, 0.25) is 0 Å². The van der Waals surface area contributed by atoms with Crippen LogP contribution >= 0.6 is 0 Å². The molecule has 0 aromatic carbocycles. The highest BCUT2D eigenvalue weighted by Crippen LogP contribution is 2.17. The summed E-state index contributed by atoms with van der Waals surface area (Å²) in [5, 5.41) is 20.9. The van der Waals surface area contributed by atoms with Gasteiger partial charge in [-0.15, -0.1) is 0 Å². The number of nitrogens with zero attached hydrogens (tertiary/aromatic N) is 1. The molecule has 0 bridgehead atoms. The standard InChI is InChI=1S/C10H18N2O5/c1-17-4-2-3-11-10(16)12-6-7(13)5-8(12)9(14)15/h7-8,13H,2-6H2,1H3,(H,11,16)(H,14,15)/t7?,8-/m0/s1. The van der Waals surface area contributed by atoms with Crippen molar-refractivity contribution in [3.05, 3.63) is 0 Å². The summed E-state index contributed by atoms with van der Waals surface area (Å²) in [4.78, 5) is 23.7. The highest BCUT2D eigenvalue weighted by atomic mass is 16.5. The molecule has 0 radical (unpaired) electrons. The molecule has 0 aliphatic carbocycles. The lowest BCUT2D eigenvalue weighted by atomic mass is 10.2. The number of amides is 2. The maximum atomic E-state index is 11.7. The zero-order valence-corrected chi connectivity index (χ0v) is 9.76. The monoisotopic (exact) mass is 246 g/mol. The number of rotatable bonds is 5. The molecule has 1 aliphatic heterocycles. The van der Waals surface area contributed by atoms with Crippen molar-refractivity contribution in [2.45, 2.75) is 25.0 Å². The maximum Gasteiger partial charge on any atom is 0.326 e. The molecular weight excluding hydrogens is 228 g/mol. The van der Waals surface area contributed by atoms with Crippen molar-refractivity contribution in [3.8, 4) is 0 Å². The van der Waals surface area contributed by atoms with E-state index in [2.05, 4.69) is 5.32 Å². The van der Waals surface area contributed by atoms with Gasteiger partial charge < -0.3 is 25.2 Å². The molecule has 3 N–H and O–H groups in total. The first-order valence-electron chi connectivity index (χ1n) is 5.50. The lowest BCUT2D eigenvalue weighted by Crippen LogP contribution is -2.46. The minimum atomic E-state index is -1.09. The summed E-state index contributed by atoms with van der Waals surface area (Å²) >= 11 is 0. The quantitative estimate of drug-likeness (QED) is 0.554. The fraction of sp³-hybridized carbons (Fsp3) is 0.800. The molecule has 1 fully saturated rings. The van der Waals surface area contributed by atoms with Crippen molar-refractivity contribution in [1.29, 1.82) is 0 Å². The molecule has 1 heterocycles. The number of carbonyl (C=O) groups is 2. The lowest BCUT2D eigenvalue weighted by Gasteiger charge is -2.21. The number of carbonyl (C=O) groups excluding carboxylic acids is 1. The van der Waals surface area contributed by atoms with Crippen LogP contribution in [-0.4, -0.2) is 66.1 Å². The Labute approximate surface area is 99.4 Å². The lowest BCUT2D eigenvalue weighted by molar-refractivity contribution is -0.141. The van der Waals surface area contributed by atoms with Crippen molar-refractivity contribution in [2.75, 3.05) is 26.8 Å². The van der Waals surface area contributed by atoms with Gasteiger partial charge in [0, 0.05) is 33.2 Å². The minimum Gasteiger partial charge on any atom is -0.480 e. The van der Waals surface area contributed by atoms with Gasteiger partial charge in [-0.3, -0.25) is 0 Å². The number of carboxylic acid groups (broad SMARTS) is 1. The number of ether oxygens (including phenoxy) is 1. The molecular formula is C10H18N2O5. The smallest absolute Gasteiger partial charge is 0.326 e. The maximum absolute atomic E-state index is 11.7. The summed E-state index contributed by atoms with van der Waals surface area (Å²) in [6.45, 7) is 1.02. The first-order chi connectivity index (χ1) is 8.06. The van der Waals surface area contributed by atoms with E-state index in [0.29, 0.717) is 19.6 Å². The van der Waals surface area contributed by atoms with E-state index in [-0.39, 0.29) is 13.0 Å². The van der Waals surface area contributed by atoms with Gasteiger partial charge in [-0.1, -0.05) is 0 Å². The molecule has 7 heteroatoms. The normalized spacial score (nSPS) is 23.8. The third kappa shape index (κ3) is 3.86. The van der Waals surface area contributed by atoms with Crippen LogP contribution in [0.4, 0.5) is 4.79 Å². The Morgan fingerprint density at radius 3 is 2.82 bits per heavy atom. The molecule has 0 saturated carbocycles. The van der Waals surface area contributed by atoms with Crippen LogP contribution in [0.3, 0.4) is 0 Å². The first kappa shape index (κ1) is 13.7. The number of aliphatic carboxylic acids is 1. The zero-order valence-electron chi connectivity index (χ0n) is 9.76. The molecule has 98 valence electrons. The number of urea groups is 1. The summed E-state index contributed by atoms with van der Waals surface area (Å²) in [5.74, 6) is -1.09. The largest absolute Gasteiger partial charge is 0.480 e. The Kier molecular flexibility index (Phi) is 5.17. The van der Waals surface area contributed by atoms with Crippen molar-refractivity contribution in [1.82, 2.24) is 10.2 Å². The van der Waals surface area contributed by atoms with Gasteiger partial charge in [0.1, 0.15) is 6.04 Å². The molecule has 1 rings (SSSR count). The van der Waals surface area contributed by atoms with Crippen molar-refractivity contribution >= 4 is 12.0 Å². The molecule has 0 aromatic rings. The minimum absolute atomic E-state index is 0.0626. The number of carboxylic acids is 1. The van der Waals surface area contributed by atoms with Crippen LogP contribution in [0.25, 0.3) is 0 Å². The Hall–Kier alpha value is -1.34.